The second kappa shape index (κ2) is 4.60. The van der Waals surface area contributed by atoms with Gasteiger partial charge in [0.1, 0.15) is 12.9 Å². The average Bonchev–Trinajstić information content (AvgIpc) is 2.71. The van der Waals surface area contributed by atoms with Crippen molar-refractivity contribution in [3.05, 3.63) is 29.6 Å². The van der Waals surface area contributed by atoms with Crippen LogP contribution >= 0.6 is 0 Å². The third kappa shape index (κ3) is 2.11. The number of aromatic nitrogens is 2. The predicted octanol–water partition coefficient (Wildman–Crippen LogP) is 2.07. The molecule has 0 spiro atoms. The number of esters is 1. The van der Waals surface area contributed by atoms with Gasteiger partial charge in [0.2, 0.25) is 5.91 Å². The molecule has 5 heteroatoms. The van der Waals surface area contributed by atoms with E-state index in [-0.39, 0.29) is 18.5 Å². The molecule has 0 radical (unpaired) electrons. The molecule has 2 aromatic rings. The lowest BCUT2D eigenvalue weighted by Crippen LogP contribution is -2.04. The van der Waals surface area contributed by atoms with Gasteiger partial charge in [-0.1, -0.05) is 6.07 Å². The van der Waals surface area contributed by atoms with Crippen LogP contribution in [0.1, 0.15) is 29.8 Å². The fourth-order valence-corrected chi connectivity index (χ4v) is 1.85. The molecule has 0 N–H and O–H groups in total. The lowest BCUT2D eigenvalue weighted by Gasteiger charge is -2.07. The van der Waals surface area contributed by atoms with Gasteiger partial charge in [-0.05, 0) is 18.6 Å². The number of nitrogens with zero attached hydrogens (tertiary/aromatic N) is 2. The van der Waals surface area contributed by atoms with Crippen LogP contribution < -0.4 is 0 Å². The molecule has 0 aliphatic rings. The van der Waals surface area contributed by atoms with E-state index in [4.69, 9.17) is 4.74 Å². The van der Waals surface area contributed by atoms with Gasteiger partial charge in [0.25, 0.3) is 0 Å². The van der Waals surface area contributed by atoms with Crippen molar-refractivity contribution >= 4 is 22.9 Å². The van der Waals surface area contributed by atoms with E-state index in [1.54, 1.807) is 0 Å². The zero-order chi connectivity index (χ0) is 13.3. The number of imidazole rings is 1. The minimum Gasteiger partial charge on any atom is -0.461 e. The fourth-order valence-electron chi connectivity index (χ4n) is 1.85. The third-order valence-corrected chi connectivity index (χ3v) is 2.82. The van der Waals surface area contributed by atoms with Gasteiger partial charge in [0.05, 0.1) is 11.0 Å². The molecule has 1 heterocycles. The maximum Gasteiger partial charge on any atom is 0.302 e. The van der Waals surface area contributed by atoms with E-state index in [9.17, 15) is 9.59 Å². The molecule has 18 heavy (non-hydrogen) atoms. The van der Waals surface area contributed by atoms with Gasteiger partial charge in [-0.3, -0.25) is 14.2 Å². The van der Waals surface area contributed by atoms with Crippen LogP contribution in [-0.4, -0.2) is 21.4 Å². The summed E-state index contributed by atoms with van der Waals surface area (Å²) < 4.78 is 6.49. The molecule has 0 unspecified atom stereocenters. The Hall–Kier alpha value is -2.17. The highest BCUT2D eigenvalue weighted by atomic mass is 16.5. The predicted molar refractivity (Wildman–Crippen MR) is 66.2 cm³/mol. The molecule has 0 atom stereocenters. The Morgan fingerprint density at radius 1 is 1.33 bits per heavy atom. The summed E-state index contributed by atoms with van der Waals surface area (Å²) in [5.41, 5.74) is 3.25. The van der Waals surface area contributed by atoms with Crippen molar-refractivity contribution in [2.24, 2.45) is 0 Å². The topological polar surface area (TPSA) is 61.2 Å². The van der Waals surface area contributed by atoms with E-state index in [2.05, 4.69) is 4.98 Å². The van der Waals surface area contributed by atoms with Crippen molar-refractivity contribution < 1.29 is 14.3 Å². The van der Waals surface area contributed by atoms with Gasteiger partial charge in [0, 0.05) is 19.4 Å². The summed E-state index contributed by atoms with van der Waals surface area (Å²) in [4.78, 5) is 26.5. The van der Waals surface area contributed by atoms with Crippen molar-refractivity contribution in [1.82, 2.24) is 9.55 Å². The highest BCUT2D eigenvalue weighted by molar-refractivity contribution is 5.90. The minimum atomic E-state index is -0.336. The second-order valence-corrected chi connectivity index (χ2v) is 4.14. The number of carbonyl (C=O) groups excluding carboxylic acids is 2. The van der Waals surface area contributed by atoms with Gasteiger partial charge in [0.15, 0.2) is 0 Å². The number of carbonyl (C=O) groups is 2. The Morgan fingerprint density at radius 3 is 2.67 bits per heavy atom. The first-order chi connectivity index (χ1) is 8.50. The number of aryl methyl sites for hydroxylation is 1. The average molecular weight is 246 g/mol. The Morgan fingerprint density at radius 2 is 2.06 bits per heavy atom. The monoisotopic (exact) mass is 246 g/mol. The van der Waals surface area contributed by atoms with Crippen LogP contribution in [0, 0.1) is 6.92 Å². The van der Waals surface area contributed by atoms with Crippen LogP contribution in [0.25, 0.3) is 11.0 Å². The fraction of sp³-hybridized carbons (Fsp3) is 0.308. The summed E-state index contributed by atoms with van der Waals surface area (Å²) in [5.74, 6) is -0.433. The molecule has 94 valence electrons. The zero-order valence-corrected chi connectivity index (χ0v) is 10.6. The second-order valence-electron chi connectivity index (χ2n) is 4.14. The summed E-state index contributed by atoms with van der Waals surface area (Å²) in [7, 11) is 0. The largest absolute Gasteiger partial charge is 0.461 e. The summed E-state index contributed by atoms with van der Waals surface area (Å²) in [6, 6.07) is 3.73. The lowest BCUT2D eigenvalue weighted by atomic mass is 10.1. The molecular weight excluding hydrogens is 232 g/mol. The van der Waals surface area contributed by atoms with Crippen molar-refractivity contribution in [2.45, 2.75) is 27.4 Å². The zero-order valence-electron chi connectivity index (χ0n) is 10.6. The molecule has 5 nitrogen and oxygen atoms in total. The van der Waals surface area contributed by atoms with E-state index in [0.717, 1.165) is 16.6 Å². The van der Waals surface area contributed by atoms with E-state index in [1.807, 2.05) is 19.1 Å². The number of hydrogen-bond donors (Lipinski definition) is 0. The van der Waals surface area contributed by atoms with Gasteiger partial charge in [-0.25, -0.2) is 4.98 Å². The first-order valence-electron chi connectivity index (χ1n) is 5.60. The number of rotatable bonds is 2. The number of ether oxygens (including phenoxy) is 1. The first kappa shape index (κ1) is 12.3. The number of hydrogen-bond acceptors (Lipinski definition) is 4. The SMILES string of the molecule is CC(=O)OCc1c(C)ccc2c1ncn2C(C)=O. The van der Waals surface area contributed by atoms with Crippen LogP contribution in [0.4, 0.5) is 0 Å². The van der Waals surface area contributed by atoms with Crippen LogP contribution in [0.3, 0.4) is 0 Å². The number of benzene rings is 1. The van der Waals surface area contributed by atoms with Gasteiger partial charge in [-0.15, -0.1) is 0 Å². The molecule has 0 bridgehead atoms. The standard InChI is InChI=1S/C13H14N2O3/c1-8-4-5-12-13(11(8)6-18-10(3)17)14-7-15(12)9(2)16/h4-5,7H,6H2,1-3H3. The molecule has 1 aromatic carbocycles. The smallest absolute Gasteiger partial charge is 0.302 e. The first-order valence-corrected chi connectivity index (χ1v) is 5.60. The maximum atomic E-state index is 11.4. The summed E-state index contributed by atoms with van der Waals surface area (Å²) in [5, 5.41) is 0. The summed E-state index contributed by atoms with van der Waals surface area (Å²) in [6.45, 7) is 4.94. The molecule has 2 rings (SSSR count). The van der Waals surface area contributed by atoms with Crippen molar-refractivity contribution in [3.63, 3.8) is 0 Å². The molecule has 0 saturated heterocycles. The van der Waals surface area contributed by atoms with E-state index in [1.165, 1.54) is 24.7 Å². The van der Waals surface area contributed by atoms with E-state index in [0.29, 0.717) is 5.52 Å². The van der Waals surface area contributed by atoms with Gasteiger partial charge >= 0.3 is 5.97 Å². The summed E-state index contributed by atoms with van der Waals surface area (Å²) >= 11 is 0. The van der Waals surface area contributed by atoms with Crippen LogP contribution in [0.5, 0.6) is 0 Å². The quantitative estimate of drug-likeness (QED) is 0.761. The number of fused-ring (bicyclic) bond motifs is 1. The van der Waals surface area contributed by atoms with Gasteiger partial charge in [-0.2, -0.15) is 0 Å². The minimum absolute atomic E-state index is 0.0974. The molecule has 1 aromatic heterocycles. The van der Waals surface area contributed by atoms with Crippen molar-refractivity contribution in [3.8, 4) is 0 Å². The normalized spacial score (nSPS) is 10.6. The van der Waals surface area contributed by atoms with E-state index >= 15 is 0 Å². The van der Waals surface area contributed by atoms with Crippen molar-refractivity contribution in [2.75, 3.05) is 0 Å². The lowest BCUT2D eigenvalue weighted by molar-refractivity contribution is -0.142. The van der Waals surface area contributed by atoms with Gasteiger partial charge < -0.3 is 4.74 Å². The highest BCUT2D eigenvalue weighted by Gasteiger charge is 2.12. The molecule has 0 aliphatic carbocycles. The molecule has 0 fully saturated rings. The Bertz CT molecular complexity index is 628. The maximum absolute atomic E-state index is 11.4. The molecular formula is C13H14N2O3. The van der Waals surface area contributed by atoms with Crippen molar-refractivity contribution in [1.29, 1.82) is 0 Å². The Labute approximate surface area is 104 Å². The molecule has 0 amide bonds. The van der Waals surface area contributed by atoms with E-state index < -0.39 is 0 Å². The summed E-state index contributed by atoms with van der Waals surface area (Å²) in [6.07, 6.45) is 1.49. The molecule has 0 saturated carbocycles. The van der Waals surface area contributed by atoms with Crippen LogP contribution in [-0.2, 0) is 16.1 Å². The third-order valence-electron chi connectivity index (χ3n) is 2.82. The Kier molecular flexibility index (Phi) is 3.14. The Balaban J connectivity index is 2.54. The van der Waals surface area contributed by atoms with Crippen LogP contribution in [0.15, 0.2) is 18.5 Å². The van der Waals surface area contributed by atoms with Crippen LogP contribution in [0.2, 0.25) is 0 Å². The molecule has 0 aliphatic heterocycles. The highest BCUT2D eigenvalue weighted by Crippen LogP contribution is 2.22.